The number of hydrogen-bond acceptors (Lipinski definition) is 6. The van der Waals surface area contributed by atoms with Gasteiger partial charge in [-0.05, 0) is 23.2 Å². The van der Waals surface area contributed by atoms with Crippen LogP contribution in [0.15, 0.2) is 101 Å². The summed E-state index contributed by atoms with van der Waals surface area (Å²) < 4.78 is 25.2. The SMILES string of the molecule is [N-]=[N+]=N[C@H]1[C@@H](OCc2ccccc2)[C@@H]2O[C@H](c3ccccc3)OC[C@H]2O[C@@H]1Sc1ccccc1. The van der Waals surface area contributed by atoms with E-state index in [1.165, 1.54) is 11.8 Å². The van der Waals surface area contributed by atoms with Crippen LogP contribution in [0.4, 0.5) is 0 Å². The lowest BCUT2D eigenvalue weighted by atomic mass is 9.97. The molecule has 34 heavy (non-hydrogen) atoms. The van der Waals surface area contributed by atoms with E-state index in [4.69, 9.17) is 18.9 Å². The molecule has 0 spiro atoms. The monoisotopic (exact) mass is 475 g/mol. The summed E-state index contributed by atoms with van der Waals surface area (Å²) in [6, 6.07) is 29.0. The van der Waals surface area contributed by atoms with Gasteiger partial charge >= 0.3 is 0 Å². The van der Waals surface area contributed by atoms with Gasteiger partial charge in [0.1, 0.15) is 23.7 Å². The van der Waals surface area contributed by atoms with Crippen LogP contribution in [0.1, 0.15) is 17.4 Å². The fourth-order valence-electron chi connectivity index (χ4n) is 4.21. The molecular formula is C26H25N3O4S. The quantitative estimate of drug-likeness (QED) is 0.242. The van der Waals surface area contributed by atoms with E-state index in [-0.39, 0.29) is 6.10 Å². The summed E-state index contributed by atoms with van der Waals surface area (Å²) in [5, 5.41) is 4.13. The first-order chi connectivity index (χ1) is 16.8. The minimum atomic E-state index is -0.588. The third kappa shape index (κ3) is 5.28. The highest BCUT2D eigenvalue weighted by Crippen LogP contribution is 2.41. The van der Waals surface area contributed by atoms with E-state index in [0.717, 1.165) is 16.0 Å². The number of rotatable bonds is 7. The number of hydrogen-bond donors (Lipinski definition) is 0. The summed E-state index contributed by atoms with van der Waals surface area (Å²) in [6.45, 7) is 0.722. The molecule has 0 unspecified atom stereocenters. The topological polar surface area (TPSA) is 85.7 Å². The first-order valence-corrected chi connectivity index (χ1v) is 12.1. The second kappa shape index (κ2) is 11.1. The van der Waals surface area contributed by atoms with Crippen molar-refractivity contribution in [3.05, 3.63) is 113 Å². The Morgan fingerprint density at radius 1 is 0.912 bits per heavy atom. The van der Waals surface area contributed by atoms with E-state index >= 15 is 0 Å². The third-order valence-corrected chi connectivity index (χ3v) is 7.01. The molecule has 174 valence electrons. The Balaban J connectivity index is 1.43. The van der Waals surface area contributed by atoms with Crippen molar-refractivity contribution in [2.45, 2.75) is 47.6 Å². The summed E-state index contributed by atoms with van der Waals surface area (Å²) in [6.07, 6.45) is -1.86. The van der Waals surface area contributed by atoms with Crippen molar-refractivity contribution >= 4 is 11.8 Å². The Labute approximate surface area is 202 Å². The lowest BCUT2D eigenvalue weighted by Crippen LogP contribution is -2.61. The second-order valence-electron chi connectivity index (χ2n) is 8.11. The van der Waals surface area contributed by atoms with Crippen LogP contribution < -0.4 is 0 Å². The van der Waals surface area contributed by atoms with Crippen LogP contribution in [-0.4, -0.2) is 36.4 Å². The molecule has 0 N–H and O–H groups in total. The first-order valence-electron chi connectivity index (χ1n) is 11.2. The van der Waals surface area contributed by atoms with Gasteiger partial charge in [0.15, 0.2) is 6.29 Å². The predicted molar refractivity (Wildman–Crippen MR) is 129 cm³/mol. The van der Waals surface area contributed by atoms with Gasteiger partial charge in [0, 0.05) is 15.4 Å². The summed E-state index contributed by atoms with van der Waals surface area (Å²) in [7, 11) is 0. The molecule has 5 rings (SSSR count). The Morgan fingerprint density at radius 3 is 2.29 bits per heavy atom. The molecule has 0 saturated carbocycles. The number of thioether (sulfide) groups is 1. The zero-order valence-corrected chi connectivity index (χ0v) is 19.2. The number of nitrogens with zero attached hydrogens (tertiary/aromatic N) is 3. The normalized spacial score (nSPS) is 28.5. The van der Waals surface area contributed by atoms with Gasteiger partial charge in [-0.1, -0.05) is 95.7 Å². The van der Waals surface area contributed by atoms with Gasteiger partial charge in [0.25, 0.3) is 0 Å². The summed E-state index contributed by atoms with van der Waals surface area (Å²) in [4.78, 5) is 4.16. The standard InChI is InChI=1S/C26H25N3O4S/c27-29-28-22-24(30-16-18-10-4-1-5-11-18)23-21(32-26(22)34-20-14-8-3-9-15-20)17-31-25(33-23)19-12-6-2-7-13-19/h1-15,21-26H,16-17H2/t21-,22+,23-,24-,25-,26-/m1/s1. The highest BCUT2D eigenvalue weighted by Gasteiger charge is 2.50. The molecule has 0 amide bonds. The van der Waals surface area contributed by atoms with Gasteiger partial charge in [0.05, 0.1) is 19.3 Å². The molecule has 0 radical (unpaired) electrons. The zero-order chi connectivity index (χ0) is 23.2. The maximum atomic E-state index is 9.40. The predicted octanol–water partition coefficient (Wildman–Crippen LogP) is 5.88. The van der Waals surface area contributed by atoms with Gasteiger partial charge in [-0.15, -0.1) is 0 Å². The van der Waals surface area contributed by atoms with Gasteiger partial charge in [-0.2, -0.15) is 0 Å². The number of fused-ring (bicyclic) bond motifs is 1. The number of ether oxygens (including phenoxy) is 4. The van der Waals surface area contributed by atoms with Crippen LogP contribution in [0, 0.1) is 0 Å². The molecule has 3 aromatic rings. The Bertz CT molecular complexity index is 1100. The van der Waals surface area contributed by atoms with E-state index in [0.29, 0.717) is 13.2 Å². The highest BCUT2D eigenvalue weighted by atomic mass is 32.2. The maximum Gasteiger partial charge on any atom is 0.184 e. The van der Waals surface area contributed by atoms with Gasteiger partial charge in [-0.25, -0.2) is 0 Å². The first kappa shape index (κ1) is 22.9. The van der Waals surface area contributed by atoms with Crippen LogP contribution >= 0.6 is 11.8 Å². The highest BCUT2D eigenvalue weighted by molar-refractivity contribution is 7.99. The van der Waals surface area contributed by atoms with Crippen LogP contribution in [0.25, 0.3) is 10.4 Å². The fraction of sp³-hybridized carbons (Fsp3) is 0.308. The largest absolute Gasteiger partial charge is 0.370 e. The molecule has 2 fully saturated rings. The lowest BCUT2D eigenvalue weighted by molar-refractivity contribution is -0.311. The van der Waals surface area contributed by atoms with Gasteiger partial charge < -0.3 is 18.9 Å². The van der Waals surface area contributed by atoms with Crippen LogP contribution in [0.5, 0.6) is 0 Å². The van der Waals surface area contributed by atoms with Crippen molar-refractivity contribution in [2.75, 3.05) is 6.61 Å². The molecule has 7 nitrogen and oxygen atoms in total. The van der Waals surface area contributed by atoms with E-state index in [9.17, 15) is 5.53 Å². The fourth-order valence-corrected chi connectivity index (χ4v) is 5.34. The molecule has 0 aliphatic carbocycles. The minimum Gasteiger partial charge on any atom is -0.370 e. The summed E-state index contributed by atoms with van der Waals surface area (Å²) >= 11 is 1.51. The van der Waals surface area contributed by atoms with E-state index in [1.807, 2.05) is 91.0 Å². The van der Waals surface area contributed by atoms with Crippen molar-refractivity contribution < 1.29 is 18.9 Å². The number of azide groups is 1. The summed E-state index contributed by atoms with van der Waals surface area (Å²) in [5.74, 6) is 0. The molecule has 2 aliphatic heterocycles. The maximum absolute atomic E-state index is 9.40. The molecule has 0 aromatic heterocycles. The van der Waals surface area contributed by atoms with Crippen LogP contribution in [0.2, 0.25) is 0 Å². The molecule has 3 aromatic carbocycles. The molecule has 2 aliphatic rings. The zero-order valence-electron chi connectivity index (χ0n) is 18.4. The van der Waals surface area contributed by atoms with Crippen molar-refractivity contribution in [2.24, 2.45) is 5.11 Å². The third-order valence-electron chi connectivity index (χ3n) is 5.84. The minimum absolute atomic E-state index is 0.351. The van der Waals surface area contributed by atoms with Crippen molar-refractivity contribution in [1.82, 2.24) is 0 Å². The average Bonchev–Trinajstić information content (AvgIpc) is 2.90. The van der Waals surface area contributed by atoms with Crippen LogP contribution in [-0.2, 0) is 25.6 Å². The molecule has 2 saturated heterocycles. The molecule has 8 heteroatoms. The molecule has 2 heterocycles. The number of benzene rings is 3. The van der Waals surface area contributed by atoms with Crippen molar-refractivity contribution in [3.63, 3.8) is 0 Å². The van der Waals surface area contributed by atoms with E-state index in [1.54, 1.807) is 0 Å². The smallest absolute Gasteiger partial charge is 0.184 e. The lowest BCUT2D eigenvalue weighted by Gasteiger charge is -2.48. The Hall–Kier alpha value is -2.84. The second-order valence-corrected chi connectivity index (χ2v) is 9.28. The average molecular weight is 476 g/mol. The summed E-state index contributed by atoms with van der Waals surface area (Å²) in [5.41, 5.74) is 10.9. The van der Waals surface area contributed by atoms with Gasteiger partial charge in [-0.3, -0.25) is 0 Å². The van der Waals surface area contributed by atoms with Gasteiger partial charge in [0.2, 0.25) is 0 Å². The van der Waals surface area contributed by atoms with Crippen molar-refractivity contribution in [1.29, 1.82) is 0 Å². The van der Waals surface area contributed by atoms with Crippen LogP contribution in [0.3, 0.4) is 0 Å². The molecular weight excluding hydrogens is 450 g/mol. The van der Waals surface area contributed by atoms with Crippen molar-refractivity contribution in [3.8, 4) is 0 Å². The molecule has 6 atom stereocenters. The molecule has 0 bridgehead atoms. The van der Waals surface area contributed by atoms with E-state index < -0.39 is 30.0 Å². The van der Waals surface area contributed by atoms with E-state index in [2.05, 4.69) is 10.0 Å². The Kier molecular flexibility index (Phi) is 7.46. The Morgan fingerprint density at radius 2 is 1.59 bits per heavy atom.